The molecular formula is C11H21NO3S. The highest BCUT2D eigenvalue weighted by atomic mass is 32.2. The first-order valence-electron chi connectivity index (χ1n) is 5.88. The first kappa shape index (κ1) is 13.8. The summed E-state index contributed by atoms with van der Waals surface area (Å²) >= 11 is 1.81. The zero-order valence-electron chi connectivity index (χ0n) is 9.69. The van der Waals surface area contributed by atoms with Crippen molar-refractivity contribution in [3.63, 3.8) is 0 Å². The van der Waals surface area contributed by atoms with E-state index in [0.717, 1.165) is 37.4 Å². The summed E-state index contributed by atoms with van der Waals surface area (Å²) in [5.41, 5.74) is 0. The monoisotopic (exact) mass is 247 g/mol. The van der Waals surface area contributed by atoms with Crippen LogP contribution in [0.2, 0.25) is 0 Å². The molecule has 0 aromatic rings. The number of rotatable bonds is 7. The predicted molar refractivity (Wildman–Crippen MR) is 65.7 cm³/mol. The molecule has 16 heavy (non-hydrogen) atoms. The van der Waals surface area contributed by atoms with Crippen LogP contribution in [0.5, 0.6) is 0 Å². The number of thioether (sulfide) groups is 1. The average Bonchev–Trinajstić information content (AvgIpc) is 2.34. The Bertz CT molecular complexity index is 196. The molecule has 5 heteroatoms. The molecule has 0 spiro atoms. The Hall–Kier alpha value is -0.260. The summed E-state index contributed by atoms with van der Waals surface area (Å²) in [6.07, 6.45) is 2.43. The van der Waals surface area contributed by atoms with Gasteiger partial charge in [0.05, 0.1) is 13.2 Å². The number of aliphatic hydroxyl groups excluding tert-OH is 1. The molecule has 1 rings (SSSR count). The molecule has 1 fully saturated rings. The maximum Gasteiger partial charge on any atom is 0.222 e. The van der Waals surface area contributed by atoms with Gasteiger partial charge < -0.3 is 14.7 Å². The van der Waals surface area contributed by atoms with Gasteiger partial charge in [0.25, 0.3) is 0 Å². The topological polar surface area (TPSA) is 49.8 Å². The molecule has 94 valence electrons. The minimum Gasteiger partial charge on any atom is -0.396 e. The fourth-order valence-corrected chi connectivity index (χ4v) is 2.45. The van der Waals surface area contributed by atoms with Crippen molar-refractivity contribution in [1.29, 1.82) is 0 Å². The molecule has 0 aromatic heterocycles. The van der Waals surface area contributed by atoms with E-state index < -0.39 is 0 Å². The van der Waals surface area contributed by atoms with Crippen LogP contribution < -0.4 is 0 Å². The van der Waals surface area contributed by atoms with Crippen LogP contribution in [-0.4, -0.2) is 60.3 Å². The fraction of sp³-hybridized carbons (Fsp3) is 0.909. The standard InChI is InChI=1S/C11H21NO3S/c13-6-2-10-16-9-1-3-11(14)12-4-7-15-8-5-12/h13H,1-10H2. The third-order valence-electron chi connectivity index (χ3n) is 2.49. The van der Waals surface area contributed by atoms with Gasteiger partial charge in [-0.15, -0.1) is 0 Å². The van der Waals surface area contributed by atoms with E-state index >= 15 is 0 Å². The third-order valence-corrected chi connectivity index (χ3v) is 3.64. The second-order valence-electron chi connectivity index (χ2n) is 3.79. The van der Waals surface area contributed by atoms with Crippen LogP contribution in [-0.2, 0) is 9.53 Å². The van der Waals surface area contributed by atoms with Crippen LogP contribution in [0.15, 0.2) is 0 Å². The van der Waals surface area contributed by atoms with E-state index in [-0.39, 0.29) is 12.5 Å². The van der Waals surface area contributed by atoms with Crippen LogP contribution in [0.4, 0.5) is 0 Å². The van der Waals surface area contributed by atoms with Crippen molar-refractivity contribution in [2.75, 3.05) is 44.4 Å². The van der Waals surface area contributed by atoms with Crippen LogP contribution >= 0.6 is 11.8 Å². The van der Waals surface area contributed by atoms with Crippen molar-refractivity contribution >= 4 is 17.7 Å². The summed E-state index contributed by atoms with van der Waals surface area (Å²) in [5.74, 6) is 2.25. The van der Waals surface area contributed by atoms with Gasteiger partial charge in [0, 0.05) is 26.1 Å². The van der Waals surface area contributed by atoms with Gasteiger partial charge in [-0.3, -0.25) is 4.79 Å². The first-order chi connectivity index (χ1) is 7.84. The molecule has 4 nitrogen and oxygen atoms in total. The predicted octanol–water partition coefficient (Wildman–Crippen LogP) is 0.741. The SMILES string of the molecule is O=C(CCCSCCCO)N1CCOCC1. The van der Waals surface area contributed by atoms with Gasteiger partial charge in [0.15, 0.2) is 0 Å². The molecule has 0 bridgehead atoms. The average molecular weight is 247 g/mol. The molecule has 0 aromatic carbocycles. The van der Waals surface area contributed by atoms with Crippen LogP contribution in [0.1, 0.15) is 19.3 Å². The van der Waals surface area contributed by atoms with Gasteiger partial charge in [0.2, 0.25) is 5.91 Å². The second-order valence-corrected chi connectivity index (χ2v) is 5.01. The number of carbonyl (C=O) groups is 1. The second kappa shape index (κ2) is 8.84. The number of nitrogens with zero attached hydrogens (tertiary/aromatic N) is 1. The molecule has 1 saturated heterocycles. The molecule has 0 aliphatic carbocycles. The van der Waals surface area contributed by atoms with E-state index in [1.807, 2.05) is 16.7 Å². The quantitative estimate of drug-likeness (QED) is 0.674. The van der Waals surface area contributed by atoms with E-state index in [0.29, 0.717) is 19.6 Å². The van der Waals surface area contributed by atoms with Gasteiger partial charge in [-0.1, -0.05) is 0 Å². The number of hydrogen-bond acceptors (Lipinski definition) is 4. The number of amides is 1. The number of carbonyl (C=O) groups excluding carboxylic acids is 1. The minimum atomic E-state index is 0.256. The minimum absolute atomic E-state index is 0.256. The van der Waals surface area contributed by atoms with Gasteiger partial charge in [-0.2, -0.15) is 11.8 Å². The molecule has 1 amide bonds. The lowest BCUT2D eigenvalue weighted by atomic mass is 10.3. The molecule has 0 atom stereocenters. The largest absolute Gasteiger partial charge is 0.396 e. The van der Waals surface area contributed by atoms with Gasteiger partial charge in [-0.05, 0) is 24.3 Å². The lowest BCUT2D eigenvalue weighted by Gasteiger charge is -2.26. The molecule has 1 heterocycles. The van der Waals surface area contributed by atoms with Gasteiger partial charge >= 0.3 is 0 Å². The van der Waals surface area contributed by atoms with Crippen molar-refractivity contribution in [3.8, 4) is 0 Å². The van der Waals surface area contributed by atoms with Crippen molar-refractivity contribution in [1.82, 2.24) is 4.90 Å². The number of aliphatic hydroxyl groups is 1. The molecule has 1 aliphatic rings. The third kappa shape index (κ3) is 5.72. The number of hydrogen-bond donors (Lipinski definition) is 1. The summed E-state index contributed by atoms with van der Waals surface area (Å²) in [4.78, 5) is 13.6. The van der Waals surface area contributed by atoms with Crippen LogP contribution in [0.3, 0.4) is 0 Å². The fourth-order valence-electron chi connectivity index (χ4n) is 1.56. The Morgan fingerprint density at radius 1 is 1.25 bits per heavy atom. The van der Waals surface area contributed by atoms with Crippen LogP contribution in [0.25, 0.3) is 0 Å². The molecule has 0 saturated carbocycles. The molecule has 0 radical (unpaired) electrons. The maximum absolute atomic E-state index is 11.7. The highest BCUT2D eigenvalue weighted by molar-refractivity contribution is 7.99. The zero-order valence-corrected chi connectivity index (χ0v) is 10.5. The van der Waals surface area contributed by atoms with Crippen molar-refractivity contribution in [2.24, 2.45) is 0 Å². The molecule has 1 aliphatic heterocycles. The summed E-state index contributed by atoms with van der Waals surface area (Å²) in [5, 5.41) is 8.60. The van der Waals surface area contributed by atoms with Crippen molar-refractivity contribution in [3.05, 3.63) is 0 Å². The highest BCUT2D eigenvalue weighted by Gasteiger charge is 2.15. The normalized spacial score (nSPS) is 16.4. The molecular weight excluding hydrogens is 226 g/mol. The Balaban J connectivity index is 1.97. The maximum atomic E-state index is 11.7. The Morgan fingerprint density at radius 2 is 1.94 bits per heavy atom. The zero-order chi connectivity index (χ0) is 11.6. The Labute approximate surface area is 101 Å². The lowest BCUT2D eigenvalue weighted by molar-refractivity contribution is -0.135. The number of morpholine rings is 1. The summed E-state index contributed by atoms with van der Waals surface area (Å²) < 4.78 is 5.20. The van der Waals surface area contributed by atoms with E-state index in [2.05, 4.69) is 0 Å². The Morgan fingerprint density at radius 3 is 2.62 bits per heavy atom. The highest BCUT2D eigenvalue weighted by Crippen LogP contribution is 2.08. The smallest absolute Gasteiger partial charge is 0.222 e. The Kier molecular flexibility index (Phi) is 7.63. The summed E-state index contributed by atoms with van der Waals surface area (Å²) in [7, 11) is 0. The van der Waals surface area contributed by atoms with Gasteiger partial charge in [0.1, 0.15) is 0 Å². The van der Waals surface area contributed by atoms with Crippen molar-refractivity contribution < 1.29 is 14.6 Å². The molecule has 1 N–H and O–H groups in total. The van der Waals surface area contributed by atoms with Gasteiger partial charge in [-0.25, -0.2) is 0 Å². The first-order valence-corrected chi connectivity index (χ1v) is 7.04. The van der Waals surface area contributed by atoms with E-state index in [4.69, 9.17) is 9.84 Å². The van der Waals surface area contributed by atoms with Crippen LogP contribution in [0, 0.1) is 0 Å². The summed E-state index contributed by atoms with van der Waals surface area (Å²) in [6, 6.07) is 0. The number of ether oxygens (including phenoxy) is 1. The molecule has 0 unspecified atom stereocenters. The van der Waals surface area contributed by atoms with E-state index in [1.54, 1.807) is 0 Å². The summed E-state index contributed by atoms with van der Waals surface area (Å²) in [6.45, 7) is 3.11. The van der Waals surface area contributed by atoms with Crippen molar-refractivity contribution in [2.45, 2.75) is 19.3 Å². The lowest BCUT2D eigenvalue weighted by Crippen LogP contribution is -2.40. The van der Waals surface area contributed by atoms with E-state index in [1.165, 1.54) is 0 Å². The van der Waals surface area contributed by atoms with E-state index in [9.17, 15) is 4.79 Å².